The second kappa shape index (κ2) is 4.64. The van der Waals surface area contributed by atoms with Crippen LogP contribution in [-0.4, -0.2) is 23.9 Å². The Balaban J connectivity index is 2.37. The minimum Gasteiger partial charge on any atom is -0.342 e. The van der Waals surface area contributed by atoms with Crippen molar-refractivity contribution in [1.29, 1.82) is 0 Å². The first-order chi connectivity index (χ1) is 6.15. The molecule has 0 aromatic carbocycles. The van der Waals surface area contributed by atoms with Crippen LogP contribution in [0.5, 0.6) is 0 Å². The normalized spacial score (nSPS) is 23.2. The quantitative estimate of drug-likeness (QED) is 0.655. The number of carbonyl (C=O) groups is 1. The van der Waals surface area contributed by atoms with E-state index in [-0.39, 0.29) is 0 Å². The lowest BCUT2D eigenvalue weighted by molar-refractivity contribution is -0.127. The molecule has 76 valence electrons. The van der Waals surface area contributed by atoms with E-state index < -0.39 is 0 Å². The van der Waals surface area contributed by atoms with Crippen LogP contribution in [-0.2, 0) is 4.79 Å². The van der Waals surface area contributed by atoms with Gasteiger partial charge in [0.1, 0.15) is 0 Å². The Morgan fingerprint density at radius 2 is 2.23 bits per heavy atom. The lowest BCUT2D eigenvalue weighted by atomic mass is 9.95. The van der Waals surface area contributed by atoms with Crippen LogP contribution in [0.15, 0.2) is 0 Å². The predicted molar refractivity (Wildman–Crippen MR) is 54.4 cm³/mol. The maximum atomic E-state index is 11.5. The zero-order chi connectivity index (χ0) is 9.84. The molecule has 0 saturated carbocycles. The number of nitrogens with zero attached hydrogens (tertiary/aromatic N) is 1. The highest BCUT2D eigenvalue weighted by Gasteiger charge is 2.30. The largest absolute Gasteiger partial charge is 0.342 e. The predicted octanol–water partition coefficient (Wildman–Crippen LogP) is 2.29. The van der Waals surface area contributed by atoms with E-state index in [1.54, 1.807) is 0 Å². The smallest absolute Gasteiger partial charge is 0.222 e. The lowest BCUT2D eigenvalue weighted by Crippen LogP contribution is -2.26. The molecule has 0 aromatic heterocycles. The molecule has 1 heterocycles. The highest BCUT2D eigenvalue weighted by Crippen LogP contribution is 2.24. The fourth-order valence-corrected chi connectivity index (χ4v) is 1.81. The van der Waals surface area contributed by atoms with Gasteiger partial charge in [0, 0.05) is 19.5 Å². The molecule has 1 saturated heterocycles. The van der Waals surface area contributed by atoms with E-state index in [2.05, 4.69) is 20.8 Å². The topological polar surface area (TPSA) is 20.3 Å². The van der Waals surface area contributed by atoms with Gasteiger partial charge >= 0.3 is 0 Å². The molecule has 0 aromatic rings. The molecule has 1 fully saturated rings. The van der Waals surface area contributed by atoms with E-state index in [4.69, 9.17) is 0 Å². The third-order valence-electron chi connectivity index (χ3n) is 2.97. The van der Waals surface area contributed by atoms with Gasteiger partial charge in [0.05, 0.1) is 0 Å². The first-order valence-electron chi connectivity index (χ1n) is 5.43. The van der Waals surface area contributed by atoms with E-state index in [0.29, 0.717) is 17.7 Å². The molecular formula is C11H21NO. The molecule has 0 aliphatic carbocycles. The van der Waals surface area contributed by atoms with Crippen LogP contribution in [0.4, 0.5) is 0 Å². The van der Waals surface area contributed by atoms with E-state index in [9.17, 15) is 4.79 Å². The second-order valence-electron chi connectivity index (χ2n) is 4.40. The number of amides is 1. The van der Waals surface area contributed by atoms with Crippen LogP contribution >= 0.6 is 0 Å². The van der Waals surface area contributed by atoms with Gasteiger partial charge in [0.25, 0.3) is 0 Å². The second-order valence-corrected chi connectivity index (χ2v) is 4.40. The summed E-state index contributed by atoms with van der Waals surface area (Å²) < 4.78 is 0. The van der Waals surface area contributed by atoms with Crippen molar-refractivity contribution in [3.05, 3.63) is 0 Å². The molecule has 1 aliphatic rings. The number of likely N-dealkylation sites (tertiary alicyclic amines) is 1. The number of rotatable bonds is 4. The highest BCUT2D eigenvalue weighted by molar-refractivity contribution is 5.78. The highest BCUT2D eigenvalue weighted by atomic mass is 16.2. The number of carbonyl (C=O) groups excluding carboxylic acids is 1. The molecule has 1 unspecified atom stereocenters. The van der Waals surface area contributed by atoms with Gasteiger partial charge in [0.15, 0.2) is 0 Å². The van der Waals surface area contributed by atoms with E-state index in [0.717, 1.165) is 25.9 Å². The molecule has 1 amide bonds. The van der Waals surface area contributed by atoms with Gasteiger partial charge in [-0.2, -0.15) is 0 Å². The van der Waals surface area contributed by atoms with Crippen LogP contribution in [0.1, 0.15) is 40.0 Å². The van der Waals surface area contributed by atoms with E-state index >= 15 is 0 Å². The molecule has 0 radical (unpaired) electrons. The molecule has 0 bridgehead atoms. The fourth-order valence-electron chi connectivity index (χ4n) is 1.81. The minimum absolute atomic E-state index is 0.368. The van der Waals surface area contributed by atoms with E-state index in [1.165, 1.54) is 6.42 Å². The summed E-state index contributed by atoms with van der Waals surface area (Å²) >= 11 is 0. The summed E-state index contributed by atoms with van der Waals surface area (Å²) in [6, 6.07) is 0. The van der Waals surface area contributed by atoms with Crippen molar-refractivity contribution in [1.82, 2.24) is 4.90 Å². The summed E-state index contributed by atoms with van der Waals surface area (Å²) in [5, 5.41) is 0. The monoisotopic (exact) mass is 183 g/mol. The molecule has 0 N–H and O–H groups in total. The summed E-state index contributed by atoms with van der Waals surface area (Å²) in [7, 11) is 0. The summed E-state index contributed by atoms with van der Waals surface area (Å²) in [5.74, 6) is 1.62. The van der Waals surface area contributed by atoms with Crippen molar-refractivity contribution in [2.75, 3.05) is 13.1 Å². The van der Waals surface area contributed by atoms with Crippen LogP contribution in [0.3, 0.4) is 0 Å². The van der Waals surface area contributed by atoms with Crippen molar-refractivity contribution in [2.45, 2.75) is 40.0 Å². The average molecular weight is 183 g/mol. The van der Waals surface area contributed by atoms with Gasteiger partial charge in [-0.25, -0.2) is 0 Å². The Kier molecular flexibility index (Phi) is 3.76. The third-order valence-corrected chi connectivity index (χ3v) is 2.97. The zero-order valence-electron chi connectivity index (χ0n) is 9.05. The van der Waals surface area contributed by atoms with Crippen molar-refractivity contribution < 1.29 is 4.79 Å². The number of hydrogen-bond acceptors (Lipinski definition) is 1. The summed E-state index contributed by atoms with van der Waals surface area (Å²) in [6.07, 6.45) is 3.11. The number of hydrogen-bond donors (Lipinski definition) is 0. The molecule has 2 nitrogen and oxygen atoms in total. The third kappa shape index (κ3) is 2.71. The molecule has 13 heavy (non-hydrogen) atoms. The zero-order valence-corrected chi connectivity index (χ0v) is 9.05. The minimum atomic E-state index is 0.368. The van der Waals surface area contributed by atoms with Gasteiger partial charge in [0.2, 0.25) is 5.91 Å². The van der Waals surface area contributed by atoms with Crippen LogP contribution < -0.4 is 0 Å². The Hall–Kier alpha value is -0.530. The first kappa shape index (κ1) is 10.6. The SMILES string of the molecule is CCCCN1CC(C(C)C)CC1=O. The maximum absolute atomic E-state index is 11.5. The standard InChI is InChI=1S/C11H21NO/c1-4-5-6-12-8-10(9(2)3)7-11(12)13/h9-10H,4-8H2,1-3H3. The van der Waals surface area contributed by atoms with Crippen LogP contribution in [0, 0.1) is 11.8 Å². The van der Waals surface area contributed by atoms with Gasteiger partial charge in [-0.15, -0.1) is 0 Å². The molecular weight excluding hydrogens is 162 g/mol. The van der Waals surface area contributed by atoms with Crippen molar-refractivity contribution in [3.63, 3.8) is 0 Å². The van der Waals surface area contributed by atoms with Crippen molar-refractivity contribution in [2.24, 2.45) is 11.8 Å². The molecule has 1 rings (SSSR count). The average Bonchev–Trinajstić information content (AvgIpc) is 2.44. The number of unbranched alkanes of at least 4 members (excludes halogenated alkanes) is 1. The van der Waals surface area contributed by atoms with Crippen molar-refractivity contribution in [3.8, 4) is 0 Å². The van der Waals surface area contributed by atoms with Gasteiger partial charge in [-0.1, -0.05) is 27.2 Å². The Bertz CT molecular complexity index is 177. The van der Waals surface area contributed by atoms with Crippen LogP contribution in [0.2, 0.25) is 0 Å². The van der Waals surface area contributed by atoms with Gasteiger partial charge in [-0.05, 0) is 18.3 Å². The fraction of sp³-hybridized carbons (Fsp3) is 0.909. The maximum Gasteiger partial charge on any atom is 0.222 e. The summed E-state index contributed by atoms with van der Waals surface area (Å²) in [6.45, 7) is 8.55. The van der Waals surface area contributed by atoms with Crippen LogP contribution in [0.25, 0.3) is 0 Å². The first-order valence-corrected chi connectivity index (χ1v) is 5.43. The summed E-state index contributed by atoms with van der Waals surface area (Å²) in [4.78, 5) is 13.6. The Labute approximate surface area is 81.3 Å². The lowest BCUT2D eigenvalue weighted by Gasteiger charge is -2.17. The van der Waals surface area contributed by atoms with Crippen molar-refractivity contribution >= 4 is 5.91 Å². The molecule has 1 atom stereocenters. The van der Waals surface area contributed by atoms with Gasteiger partial charge in [-0.3, -0.25) is 4.79 Å². The Morgan fingerprint density at radius 3 is 2.69 bits per heavy atom. The van der Waals surface area contributed by atoms with E-state index in [1.807, 2.05) is 4.90 Å². The molecule has 0 spiro atoms. The molecule has 1 aliphatic heterocycles. The van der Waals surface area contributed by atoms with Gasteiger partial charge < -0.3 is 4.90 Å². The Morgan fingerprint density at radius 1 is 1.54 bits per heavy atom. The summed E-state index contributed by atoms with van der Waals surface area (Å²) in [5.41, 5.74) is 0. The molecule has 2 heteroatoms.